The summed E-state index contributed by atoms with van der Waals surface area (Å²) < 4.78 is 12.5. The molecule has 10 nitrogen and oxygen atoms in total. The van der Waals surface area contributed by atoms with Crippen molar-refractivity contribution in [3.63, 3.8) is 0 Å². The third-order valence-electron chi connectivity index (χ3n) is 9.57. The minimum absolute atomic E-state index is 0.0157. The smallest absolute Gasteiger partial charge is 0.259 e. The number of carbonyl (C=O) groups is 3. The Kier molecular flexibility index (Phi) is 10.2. The number of allylic oxidation sites excluding steroid dienone is 7. The zero-order valence-electron chi connectivity index (χ0n) is 31.4. The highest BCUT2D eigenvalue weighted by Gasteiger charge is 2.57. The number of hydrogen-bond donors (Lipinski definition) is 5. The van der Waals surface area contributed by atoms with E-state index >= 15 is 4.79 Å². The zero-order chi connectivity index (χ0) is 39.9. The van der Waals surface area contributed by atoms with E-state index in [2.05, 4.69) is 0 Å². The fourth-order valence-corrected chi connectivity index (χ4v) is 6.57. The molecule has 0 radical (unpaired) electrons. The van der Waals surface area contributed by atoms with Crippen LogP contribution >= 0.6 is 0 Å². The number of fused-ring (bicyclic) bond motifs is 2. The zero-order valence-corrected chi connectivity index (χ0v) is 31.4. The molecule has 2 aliphatic heterocycles. The van der Waals surface area contributed by atoms with Crippen molar-refractivity contribution in [1.82, 2.24) is 0 Å². The topological polar surface area (TPSA) is 171 Å². The lowest BCUT2D eigenvalue weighted by Gasteiger charge is -2.28. The second-order valence-electron chi connectivity index (χ2n) is 14.5. The third-order valence-corrected chi connectivity index (χ3v) is 9.57. The first-order chi connectivity index (χ1) is 26.0. The van der Waals surface area contributed by atoms with Crippen molar-refractivity contribution in [3.8, 4) is 40.2 Å². The van der Waals surface area contributed by atoms with Gasteiger partial charge in [0.1, 0.15) is 28.7 Å². The molecule has 0 aliphatic carbocycles. The Bertz CT molecular complexity index is 2410. The largest absolute Gasteiger partial charge is 0.508 e. The molecule has 0 unspecified atom stereocenters. The monoisotopic (exact) mass is 742 g/mol. The molecule has 6 rings (SSSR count). The summed E-state index contributed by atoms with van der Waals surface area (Å²) >= 11 is 0. The van der Waals surface area contributed by atoms with E-state index in [4.69, 9.17) is 9.47 Å². The highest BCUT2D eigenvalue weighted by atomic mass is 16.5. The van der Waals surface area contributed by atoms with E-state index in [-0.39, 0.29) is 81.6 Å². The maximum Gasteiger partial charge on any atom is 0.259 e. The first kappa shape index (κ1) is 38.2. The van der Waals surface area contributed by atoms with Crippen molar-refractivity contribution < 1.29 is 49.4 Å². The number of benzene rings is 4. The Morgan fingerprint density at radius 2 is 1.25 bits per heavy atom. The Hall–Kier alpha value is -6.55. The van der Waals surface area contributed by atoms with Gasteiger partial charge in [-0.05, 0) is 132 Å². The number of carbonyl (C=O) groups excluding carboxylic acids is 3. The van der Waals surface area contributed by atoms with Gasteiger partial charge in [0.25, 0.3) is 5.60 Å². The van der Waals surface area contributed by atoms with Gasteiger partial charge in [0, 0.05) is 22.8 Å². The highest BCUT2D eigenvalue weighted by Crippen LogP contribution is 2.49. The van der Waals surface area contributed by atoms with E-state index < -0.39 is 34.4 Å². The van der Waals surface area contributed by atoms with Crippen molar-refractivity contribution >= 4 is 23.4 Å². The Labute approximate surface area is 318 Å². The molecular weight excluding hydrogens is 700 g/mol. The molecule has 0 amide bonds. The summed E-state index contributed by atoms with van der Waals surface area (Å²) in [6, 6.07) is 11.8. The van der Waals surface area contributed by atoms with Crippen molar-refractivity contribution in [3.05, 3.63) is 140 Å². The number of Topliss-reactive ketones (excluding diaryl/α,β-unsaturated/α-hetero) is 3. The van der Waals surface area contributed by atoms with Crippen LogP contribution in [0.2, 0.25) is 0 Å². The van der Waals surface area contributed by atoms with Crippen molar-refractivity contribution in [2.24, 2.45) is 0 Å². The lowest BCUT2D eigenvalue weighted by atomic mass is 9.78. The summed E-state index contributed by atoms with van der Waals surface area (Å²) in [6.45, 7) is 11.4. The van der Waals surface area contributed by atoms with Gasteiger partial charge in [0.15, 0.2) is 17.3 Å². The molecule has 1 atom stereocenters. The predicted molar refractivity (Wildman–Crippen MR) is 207 cm³/mol. The predicted octanol–water partition coefficient (Wildman–Crippen LogP) is 8.71. The third kappa shape index (κ3) is 7.11. The molecule has 0 aromatic heterocycles. The summed E-state index contributed by atoms with van der Waals surface area (Å²) in [6.07, 6.45) is 7.68. The maximum atomic E-state index is 15.1. The van der Waals surface area contributed by atoms with E-state index in [9.17, 15) is 35.1 Å². The van der Waals surface area contributed by atoms with Gasteiger partial charge < -0.3 is 35.0 Å². The second kappa shape index (κ2) is 14.7. The summed E-state index contributed by atoms with van der Waals surface area (Å²) in [5.41, 5.74) is 1.38. The number of aromatic hydroxyl groups is 5. The molecule has 4 aromatic rings. The van der Waals surface area contributed by atoms with Crippen LogP contribution in [0.4, 0.5) is 0 Å². The Morgan fingerprint density at radius 1 is 0.655 bits per heavy atom. The lowest BCUT2D eigenvalue weighted by molar-refractivity contribution is 0.0451. The second-order valence-corrected chi connectivity index (χ2v) is 14.5. The Morgan fingerprint density at radius 3 is 1.91 bits per heavy atom. The van der Waals surface area contributed by atoms with Crippen LogP contribution in [0.1, 0.15) is 100 Å². The average Bonchev–Trinajstić information content (AvgIpc) is 3.59. The van der Waals surface area contributed by atoms with Gasteiger partial charge in [-0.2, -0.15) is 0 Å². The van der Waals surface area contributed by atoms with E-state index in [1.807, 2.05) is 59.8 Å². The van der Waals surface area contributed by atoms with Gasteiger partial charge >= 0.3 is 0 Å². The molecule has 5 N–H and O–H groups in total. The Balaban J connectivity index is 1.57. The number of ether oxygens (including phenoxy) is 2. The van der Waals surface area contributed by atoms with Gasteiger partial charge in [-0.15, -0.1) is 0 Å². The number of ketones is 3. The quantitative estimate of drug-likeness (QED) is 0.0348. The van der Waals surface area contributed by atoms with Crippen LogP contribution in [-0.4, -0.2) is 42.9 Å². The number of rotatable bonds is 10. The molecule has 4 aromatic carbocycles. The average molecular weight is 743 g/mol. The molecule has 0 bridgehead atoms. The van der Waals surface area contributed by atoms with Crippen LogP contribution in [-0.2, 0) is 24.9 Å². The molecule has 2 aliphatic rings. The summed E-state index contributed by atoms with van der Waals surface area (Å²) in [5, 5.41) is 54.1. The molecular formula is C45H42O10. The molecule has 0 fully saturated rings. The van der Waals surface area contributed by atoms with Crippen LogP contribution in [0.15, 0.2) is 95.3 Å². The number of hydrogen-bond acceptors (Lipinski definition) is 10. The van der Waals surface area contributed by atoms with Crippen molar-refractivity contribution in [2.45, 2.75) is 66.4 Å². The van der Waals surface area contributed by atoms with Crippen LogP contribution < -0.4 is 9.47 Å². The summed E-state index contributed by atoms with van der Waals surface area (Å²) in [5.74, 6) is -4.12. The van der Waals surface area contributed by atoms with E-state index in [0.717, 1.165) is 28.9 Å². The summed E-state index contributed by atoms with van der Waals surface area (Å²) in [7, 11) is 0. The molecule has 0 saturated heterocycles. The lowest BCUT2D eigenvalue weighted by Crippen LogP contribution is -2.46. The van der Waals surface area contributed by atoms with Crippen LogP contribution in [0.5, 0.6) is 40.2 Å². The molecule has 282 valence electrons. The minimum Gasteiger partial charge on any atom is -0.508 e. The molecule has 10 heteroatoms. The highest BCUT2D eigenvalue weighted by molar-refractivity contribution is 6.26. The fraction of sp³-hybridized carbons (Fsp3) is 0.222. The maximum absolute atomic E-state index is 15.1. The normalized spacial score (nSPS) is 16.2. The van der Waals surface area contributed by atoms with E-state index in [1.54, 1.807) is 0 Å². The van der Waals surface area contributed by atoms with Crippen LogP contribution in [0.25, 0.3) is 6.08 Å². The summed E-state index contributed by atoms with van der Waals surface area (Å²) in [4.78, 5) is 43.8. The standard InChI is InChI=1S/C45H42O10/c1-23(2)7-10-26-17-28(12-15-34(26)46)43(52)45(44(53)32-18-27(11-8-24(3)4)36(48)22-39(32)55-45)33-21-38(50)37(49)19-29(33)20-40-41(51)31-14-16-35(47)30(42(31)54-40)13-9-25(5)6/h7-9,12,14-22,46-50H,10-11,13H2,1-6H3/b40-20-/t45-/m1/s1. The van der Waals surface area contributed by atoms with Crippen LogP contribution in [0, 0.1) is 0 Å². The molecule has 2 heterocycles. The van der Waals surface area contributed by atoms with Gasteiger partial charge in [-0.3, -0.25) is 14.4 Å². The van der Waals surface area contributed by atoms with Gasteiger partial charge in [-0.1, -0.05) is 34.9 Å². The van der Waals surface area contributed by atoms with E-state index in [1.165, 1.54) is 48.5 Å². The first-order valence-electron chi connectivity index (χ1n) is 17.7. The number of phenolic OH excluding ortho intramolecular Hbond substituents is 5. The molecule has 0 saturated carbocycles. The molecule has 55 heavy (non-hydrogen) atoms. The van der Waals surface area contributed by atoms with E-state index in [0.29, 0.717) is 16.7 Å². The van der Waals surface area contributed by atoms with Crippen molar-refractivity contribution in [1.29, 1.82) is 0 Å². The first-order valence-corrected chi connectivity index (χ1v) is 17.7. The van der Waals surface area contributed by atoms with Gasteiger partial charge in [0.05, 0.1) is 11.1 Å². The fourth-order valence-electron chi connectivity index (χ4n) is 6.57. The van der Waals surface area contributed by atoms with Crippen molar-refractivity contribution in [2.75, 3.05) is 0 Å². The van der Waals surface area contributed by atoms with Crippen LogP contribution in [0.3, 0.4) is 0 Å². The SMILES string of the molecule is CC(C)=CCc1cc(C(=O)[C@@]2(c3cc(O)c(O)cc3/C=C3\Oc4c(ccc(O)c4CC=C(C)C)C3=O)Oc3cc(O)c(CC=C(C)C)cc3C2=O)ccc1O. The molecule has 0 spiro atoms. The minimum atomic E-state index is -2.56. The number of phenols is 5. The van der Waals surface area contributed by atoms with Gasteiger partial charge in [0.2, 0.25) is 17.3 Å². The van der Waals surface area contributed by atoms with Gasteiger partial charge in [-0.25, -0.2) is 0 Å².